The van der Waals surface area contributed by atoms with Crippen molar-refractivity contribution >= 4 is 12.2 Å². The minimum absolute atomic E-state index is 0.476. The van der Waals surface area contributed by atoms with Gasteiger partial charge in [0.2, 0.25) is 0 Å². The van der Waals surface area contributed by atoms with E-state index in [2.05, 4.69) is 107 Å². The first-order valence-electron chi connectivity index (χ1n) is 15.5. The van der Waals surface area contributed by atoms with Gasteiger partial charge in [-0.25, -0.2) is 0 Å². The van der Waals surface area contributed by atoms with E-state index in [1.807, 2.05) is 0 Å². The Hall–Kier alpha value is -2.08. The van der Waals surface area contributed by atoms with Crippen LogP contribution in [0.15, 0.2) is 60.7 Å². The predicted octanol–water partition coefficient (Wildman–Crippen LogP) is 12.0. The molecule has 0 saturated heterocycles. The minimum Gasteiger partial charge on any atom is -0.0839 e. The first kappa shape index (κ1) is 31.1. The largest absolute Gasteiger partial charge is 0.0839 e. The van der Waals surface area contributed by atoms with E-state index in [4.69, 9.17) is 0 Å². The zero-order valence-corrected chi connectivity index (χ0v) is 24.6. The fourth-order valence-electron chi connectivity index (χ4n) is 5.05. The minimum atomic E-state index is 0.476. The van der Waals surface area contributed by atoms with Crippen LogP contribution in [0.25, 0.3) is 12.2 Å². The molecule has 0 aromatic heterocycles. The number of hydrogen-bond donors (Lipinski definition) is 0. The summed E-state index contributed by atoms with van der Waals surface area (Å²) in [6, 6.07) is 18.5. The summed E-state index contributed by atoms with van der Waals surface area (Å²) in [6.07, 6.45) is 29.9. The zero-order chi connectivity index (χ0) is 26.6. The number of allylic oxidation sites excluding steroid dienone is 2. The van der Waals surface area contributed by atoms with Crippen molar-refractivity contribution in [1.82, 2.24) is 0 Å². The highest BCUT2D eigenvalue weighted by molar-refractivity contribution is 5.50. The Morgan fingerprint density at radius 2 is 1.11 bits per heavy atom. The lowest BCUT2D eigenvalue weighted by molar-refractivity contribution is 0.495. The fraction of sp³-hybridized carbons (Fsp3) is 0.541. The smallest absolute Gasteiger partial charge is 0.0156 e. The van der Waals surface area contributed by atoms with Crippen molar-refractivity contribution in [2.45, 2.75) is 124 Å². The van der Waals surface area contributed by atoms with Crippen molar-refractivity contribution in [3.05, 3.63) is 89.4 Å². The van der Waals surface area contributed by atoms with Gasteiger partial charge in [0.05, 0.1) is 0 Å². The molecule has 2 atom stereocenters. The number of benzene rings is 2. The molecule has 0 spiro atoms. The van der Waals surface area contributed by atoms with Crippen molar-refractivity contribution in [3.63, 3.8) is 0 Å². The van der Waals surface area contributed by atoms with Crippen molar-refractivity contribution in [2.75, 3.05) is 0 Å². The molecule has 0 heterocycles. The highest BCUT2D eigenvalue weighted by Gasteiger charge is 2.16. The van der Waals surface area contributed by atoms with Gasteiger partial charge in [0, 0.05) is 0 Å². The second-order valence-electron chi connectivity index (χ2n) is 11.0. The lowest BCUT2D eigenvalue weighted by Gasteiger charge is -2.21. The van der Waals surface area contributed by atoms with Crippen molar-refractivity contribution in [1.29, 1.82) is 0 Å². The third-order valence-corrected chi connectivity index (χ3v) is 7.50. The van der Waals surface area contributed by atoms with E-state index < -0.39 is 0 Å². The maximum Gasteiger partial charge on any atom is -0.0156 e. The third-order valence-electron chi connectivity index (χ3n) is 7.50. The highest BCUT2D eigenvalue weighted by atomic mass is 14.2. The van der Waals surface area contributed by atoms with Crippen LogP contribution in [0.5, 0.6) is 0 Å². The van der Waals surface area contributed by atoms with Crippen LogP contribution in [0.1, 0.15) is 139 Å². The van der Waals surface area contributed by atoms with Crippen LogP contribution in [-0.4, -0.2) is 0 Å². The molecule has 1 radical (unpaired) electrons. The van der Waals surface area contributed by atoms with Crippen LogP contribution >= 0.6 is 0 Å². The van der Waals surface area contributed by atoms with Crippen LogP contribution in [-0.2, 0) is 6.42 Å². The van der Waals surface area contributed by atoms with Crippen LogP contribution in [0.3, 0.4) is 0 Å². The van der Waals surface area contributed by atoms with Crippen molar-refractivity contribution in [3.8, 4) is 0 Å². The molecule has 203 valence electrons. The van der Waals surface area contributed by atoms with E-state index in [0.29, 0.717) is 11.8 Å². The molecule has 0 aliphatic rings. The van der Waals surface area contributed by atoms with Gasteiger partial charge in [-0.2, -0.15) is 0 Å². The van der Waals surface area contributed by atoms with Gasteiger partial charge in [-0.1, -0.05) is 152 Å². The normalized spacial score (nSPS) is 13.5. The Labute approximate surface area is 230 Å². The molecule has 0 saturated carbocycles. The van der Waals surface area contributed by atoms with Crippen molar-refractivity contribution < 1.29 is 0 Å². The molecule has 2 unspecified atom stereocenters. The Morgan fingerprint density at radius 3 is 1.62 bits per heavy atom. The number of rotatable bonds is 20. The first-order chi connectivity index (χ1) is 18.2. The summed E-state index contributed by atoms with van der Waals surface area (Å²) >= 11 is 0. The van der Waals surface area contributed by atoms with Gasteiger partial charge in [-0.15, -0.1) is 0 Å². The maximum absolute atomic E-state index is 2.61. The summed E-state index contributed by atoms with van der Waals surface area (Å²) in [4.78, 5) is 0. The monoisotopic (exact) mass is 499 g/mol. The maximum atomic E-state index is 2.61. The van der Waals surface area contributed by atoms with Crippen LogP contribution < -0.4 is 0 Å². The Bertz CT molecular complexity index is 852. The molecular formula is C37H55. The van der Waals surface area contributed by atoms with Gasteiger partial charge in [0.15, 0.2) is 0 Å². The van der Waals surface area contributed by atoms with Gasteiger partial charge in [0.25, 0.3) is 0 Å². The van der Waals surface area contributed by atoms with E-state index in [1.54, 1.807) is 0 Å². The summed E-state index contributed by atoms with van der Waals surface area (Å²) in [5.74, 6) is 1.10. The van der Waals surface area contributed by atoms with E-state index in [-0.39, 0.29) is 0 Å². The summed E-state index contributed by atoms with van der Waals surface area (Å²) < 4.78 is 0. The highest BCUT2D eigenvalue weighted by Crippen LogP contribution is 2.28. The molecule has 0 N–H and O–H groups in total. The van der Waals surface area contributed by atoms with Crippen molar-refractivity contribution in [2.24, 2.45) is 5.92 Å². The predicted molar refractivity (Wildman–Crippen MR) is 168 cm³/mol. The average molecular weight is 500 g/mol. The zero-order valence-electron chi connectivity index (χ0n) is 24.6. The summed E-state index contributed by atoms with van der Waals surface area (Å²) in [5, 5.41) is 0. The molecule has 0 nitrogen and oxygen atoms in total. The Balaban J connectivity index is 1.87. The van der Waals surface area contributed by atoms with Gasteiger partial charge in [0.1, 0.15) is 0 Å². The molecule has 0 aliphatic heterocycles. The Morgan fingerprint density at radius 1 is 0.595 bits per heavy atom. The summed E-state index contributed by atoms with van der Waals surface area (Å²) in [6.45, 7) is 9.22. The van der Waals surface area contributed by atoms with Gasteiger partial charge < -0.3 is 0 Å². The molecule has 0 aliphatic carbocycles. The fourth-order valence-corrected chi connectivity index (χ4v) is 5.05. The van der Waals surface area contributed by atoms with Gasteiger partial charge in [-0.05, 0) is 79.0 Å². The van der Waals surface area contributed by atoms with Crippen LogP contribution in [0.4, 0.5) is 0 Å². The van der Waals surface area contributed by atoms with E-state index >= 15 is 0 Å². The number of hydrogen-bond acceptors (Lipinski definition) is 0. The number of unbranched alkanes of at least 4 members (excludes halogenated alkanes) is 9. The second-order valence-corrected chi connectivity index (χ2v) is 11.0. The molecule has 2 rings (SSSR count). The first-order valence-corrected chi connectivity index (χ1v) is 15.5. The summed E-state index contributed by atoms with van der Waals surface area (Å²) in [5.41, 5.74) is 5.55. The molecular weight excluding hydrogens is 444 g/mol. The molecule has 0 fully saturated rings. The average Bonchev–Trinajstić information content (AvgIpc) is 2.92. The molecule has 37 heavy (non-hydrogen) atoms. The Kier molecular flexibility index (Phi) is 16.8. The quantitative estimate of drug-likeness (QED) is 0.159. The van der Waals surface area contributed by atoms with E-state index in [1.165, 1.54) is 106 Å². The molecule has 2 aromatic carbocycles. The lowest BCUT2D eigenvalue weighted by atomic mass is 9.83. The van der Waals surface area contributed by atoms with Gasteiger partial charge in [-0.3, -0.25) is 0 Å². The molecule has 0 amide bonds. The molecule has 2 aromatic rings. The van der Waals surface area contributed by atoms with Crippen LogP contribution in [0, 0.1) is 12.3 Å². The second kappa shape index (κ2) is 20.0. The molecule has 0 bridgehead atoms. The SMILES string of the molecule is CCCCCCC=Cc1ccc(CC([CH]C(C)c2ccc(C=CCCCCCC)cc2)CCCC)cc1. The topological polar surface area (TPSA) is 0 Å². The van der Waals surface area contributed by atoms with Gasteiger partial charge >= 0.3 is 0 Å². The lowest BCUT2D eigenvalue weighted by Crippen LogP contribution is -2.10. The van der Waals surface area contributed by atoms with Crippen LogP contribution in [0.2, 0.25) is 0 Å². The third kappa shape index (κ3) is 13.9. The molecule has 0 heteroatoms. The standard InChI is InChI=1S/C37H55/c1-5-8-11-13-15-17-20-33-22-24-35(25-23-33)31-36(19-10-7-3)30-32(4)37-28-26-34(27-29-37)21-18-16-14-12-9-6-2/h17-18,20-30,32,36H,5-16,19,31H2,1-4H3. The summed E-state index contributed by atoms with van der Waals surface area (Å²) in [7, 11) is 0. The van der Waals surface area contributed by atoms with E-state index in [9.17, 15) is 0 Å². The van der Waals surface area contributed by atoms with E-state index in [0.717, 1.165) is 6.42 Å².